The summed E-state index contributed by atoms with van der Waals surface area (Å²) in [4.78, 5) is 5.48. The van der Waals surface area contributed by atoms with Crippen molar-refractivity contribution in [1.82, 2.24) is 23.3 Å². The number of hydrogen-bond donors (Lipinski definition) is 0. The van der Waals surface area contributed by atoms with Gasteiger partial charge < -0.3 is 9.13 Å². The third-order valence-corrected chi connectivity index (χ3v) is 12.8. The summed E-state index contributed by atoms with van der Waals surface area (Å²) in [5, 5.41) is 6.27. The predicted octanol–water partition coefficient (Wildman–Crippen LogP) is 15.1. The fourth-order valence-electron chi connectivity index (χ4n) is 10.3. The van der Waals surface area contributed by atoms with Gasteiger partial charge in [-0.3, -0.25) is 9.13 Å². The van der Waals surface area contributed by atoms with Gasteiger partial charge in [-0.05, 0) is 78.3 Å². The first-order chi connectivity index (χ1) is 35.1. The third-order valence-electron chi connectivity index (χ3n) is 12.8. The molecule has 0 bridgehead atoms. The van der Waals surface area contributed by atoms with Gasteiger partial charge in [0.15, 0.2) is 0 Å². The van der Waals surface area contributed by atoms with Crippen LogP contribution in [0, 0.1) is 0 Å². The Kier molecular flexibility index (Phi) is 5.88. The molecule has 0 N–H and O–H groups in total. The van der Waals surface area contributed by atoms with E-state index in [1.54, 1.807) is 0 Å². The van der Waals surface area contributed by atoms with Crippen molar-refractivity contribution in [2.24, 2.45) is 0 Å². The highest BCUT2D eigenvalue weighted by Gasteiger charge is 2.25. The van der Waals surface area contributed by atoms with Crippen LogP contribution in [0.3, 0.4) is 0 Å². The first-order valence-corrected chi connectivity index (χ1v) is 21.2. The Balaban J connectivity index is 1.22. The molecular weight excluding hydrogens is 779 g/mol. The molecular formula is C59H37N5. The summed E-state index contributed by atoms with van der Waals surface area (Å²) in [6, 6.07) is 56.3. The summed E-state index contributed by atoms with van der Waals surface area (Å²) in [7, 11) is 0. The minimum atomic E-state index is -0.512. The van der Waals surface area contributed by atoms with E-state index in [-0.39, 0.29) is 27.6 Å². The van der Waals surface area contributed by atoms with Crippen molar-refractivity contribution in [3.05, 3.63) is 224 Å². The van der Waals surface area contributed by atoms with Crippen LogP contribution in [0.4, 0.5) is 0 Å². The Morgan fingerprint density at radius 1 is 0.297 bits per heavy atom. The SMILES string of the molecule is [2H]c1c([2H])c([2H])c2c(c1[2H])c1c([2H])c([2H])c([2H])c([2H])c1n2-c1cc(-c2c(-n3c4ccccc4c4ccccc43)cccc2-n2c3ccccc3c3ccccc32)cc(-n2c3ccccc3c3ccccc32)n1. The van der Waals surface area contributed by atoms with Gasteiger partial charge in [0.05, 0.1) is 66.5 Å². The molecule has 0 saturated heterocycles. The van der Waals surface area contributed by atoms with Crippen LogP contribution in [0.15, 0.2) is 224 Å². The molecule has 0 radical (unpaired) electrons. The normalized spacial score (nSPS) is 13.8. The lowest BCUT2D eigenvalue weighted by atomic mass is 10.0. The molecule has 0 unspecified atom stereocenters. The molecule has 0 aliphatic heterocycles. The lowest BCUT2D eigenvalue weighted by molar-refractivity contribution is 1.01. The predicted molar refractivity (Wildman–Crippen MR) is 267 cm³/mol. The smallest absolute Gasteiger partial charge is 0.140 e. The summed E-state index contributed by atoms with van der Waals surface area (Å²) in [5.41, 5.74) is 8.88. The van der Waals surface area contributed by atoms with E-state index >= 15 is 0 Å². The van der Waals surface area contributed by atoms with E-state index in [1.165, 1.54) is 4.57 Å². The quantitative estimate of drug-likeness (QED) is 0.170. The van der Waals surface area contributed by atoms with Crippen LogP contribution in [0.2, 0.25) is 0 Å². The summed E-state index contributed by atoms with van der Waals surface area (Å²) >= 11 is 0. The first kappa shape index (κ1) is 28.0. The number of para-hydroxylation sites is 8. The third kappa shape index (κ3) is 4.86. The van der Waals surface area contributed by atoms with Gasteiger partial charge in [0.1, 0.15) is 11.6 Å². The number of hydrogen-bond acceptors (Lipinski definition) is 1. The number of pyridine rings is 1. The van der Waals surface area contributed by atoms with Crippen LogP contribution in [0.25, 0.3) is 121 Å². The summed E-state index contributed by atoms with van der Waals surface area (Å²) in [5.74, 6) is 0.659. The average Bonchev–Trinajstić information content (AvgIpc) is 4.16. The molecule has 0 fully saturated rings. The highest BCUT2D eigenvalue weighted by molar-refractivity contribution is 6.13. The highest BCUT2D eigenvalue weighted by atomic mass is 15.1. The molecule has 5 nitrogen and oxygen atoms in total. The van der Waals surface area contributed by atoms with Crippen molar-refractivity contribution in [1.29, 1.82) is 0 Å². The maximum Gasteiger partial charge on any atom is 0.140 e. The molecule has 0 amide bonds. The molecule has 0 aliphatic carbocycles. The molecule has 298 valence electrons. The molecule has 5 heteroatoms. The van der Waals surface area contributed by atoms with E-state index in [0.29, 0.717) is 11.4 Å². The van der Waals surface area contributed by atoms with Crippen LogP contribution in [-0.4, -0.2) is 23.3 Å². The zero-order valence-electron chi connectivity index (χ0n) is 42.0. The molecule has 14 aromatic rings. The van der Waals surface area contributed by atoms with Gasteiger partial charge in [0.2, 0.25) is 0 Å². The molecule has 5 heterocycles. The van der Waals surface area contributed by atoms with Crippen molar-refractivity contribution in [2.45, 2.75) is 0 Å². The fourth-order valence-corrected chi connectivity index (χ4v) is 10.3. The van der Waals surface area contributed by atoms with Crippen LogP contribution < -0.4 is 0 Å². The zero-order chi connectivity index (χ0) is 48.8. The molecule has 14 rings (SSSR count). The Morgan fingerprint density at radius 3 is 0.984 bits per heavy atom. The van der Waals surface area contributed by atoms with E-state index in [0.717, 1.165) is 82.4 Å². The standard InChI is InChI=1S/C59H37N5/c1-9-26-47-39(18-1)40-19-2-10-27-48(40)61(47)55-34-17-35-56(62-49-28-11-3-20-41(49)42-21-4-12-29-50(42)62)59(55)38-36-57(63-51-30-13-5-22-43(51)44-23-6-14-31-52(44)63)60-58(37-38)64-53-32-15-7-24-45(53)46-25-8-16-33-54(46)64/h1-37H/i5D,6D,13D,14D,22D,23D,30D,31D. The highest BCUT2D eigenvalue weighted by Crippen LogP contribution is 2.44. The zero-order valence-corrected chi connectivity index (χ0v) is 34.0. The van der Waals surface area contributed by atoms with Crippen LogP contribution >= 0.6 is 0 Å². The number of fused-ring (bicyclic) bond motifs is 12. The van der Waals surface area contributed by atoms with Crippen molar-refractivity contribution in [3.63, 3.8) is 0 Å². The Morgan fingerprint density at radius 2 is 0.609 bits per heavy atom. The van der Waals surface area contributed by atoms with Gasteiger partial charge in [0, 0.05) is 48.7 Å². The van der Waals surface area contributed by atoms with E-state index in [9.17, 15) is 5.48 Å². The Bertz CT molecular complexity index is 4330. The molecule has 0 spiro atoms. The van der Waals surface area contributed by atoms with Gasteiger partial charge >= 0.3 is 0 Å². The lowest BCUT2D eigenvalue weighted by Crippen LogP contribution is -2.07. The van der Waals surface area contributed by atoms with Gasteiger partial charge in [-0.25, -0.2) is 4.98 Å². The van der Waals surface area contributed by atoms with Crippen molar-refractivity contribution >= 4 is 87.2 Å². The topological polar surface area (TPSA) is 32.6 Å². The average molecular weight is 824 g/mol. The summed E-state index contributed by atoms with van der Waals surface area (Å²) < 4.78 is 81.4. The van der Waals surface area contributed by atoms with E-state index in [1.807, 2.05) is 66.7 Å². The number of aromatic nitrogens is 5. The second-order valence-corrected chi connectivity index (χ2v) is 16.1. The maximum absolute atomic E-state index is 9.52. The molecule has 64 heavy (non-hydrogen) atoms. The second kappa shape index (κ2) is 13.4. The van der Waals surface area contributed by atoms with Gasteiger partial charge in [-0.15, -0.1) is 0 Å². The number of rotatable bonds is 5. The number of nitrogens with zero attached hydrogens (tertiary/aromatic N) is 5. The van der Waals surface area contributed by atoms with Crippen LogP contribution in [-0.2, 0) is 0 Å². The Labute approximate surface area is 378 Å². The maximum atomic E-state index is 9.52. The van der Waals surface area contributed by atoms with Crippen LogP contribution in [0.1, 0.15) is 11.0 Å². The molecule has 0 atom stereocenters. The van der Waals surface area contributed by atoms with E-state index < -0.39 is 48.3 Å². The molecule has 0 aliphatic rings. The lowest BCUT2D eigenvalue weighted by Gasteiger charge is -2.21. The Hall–Kier alpha value is -8.67. The largest absolute Gasteiger partial charge is 0.309 e. The molecule has 5 aromatic heterocycles. The summed E-state index contributed by atoms with van der Waals surface area (Å²) in [6.45, 7) is 0. The van der Waals surface area contributed by atoms with Gasteiger partial charge in [-0.1, -0.05) is 152 Å². The minimum absolute atomic E-state index is 0.0147. The minimum Gasteiger partial charge on any atom is -0.309 e. The van der Waals surface area contributed by atoms with Crippen LogP contribution in [0.5, 0.6) is 0 Å². The summed E-state index contributed by atoms with van der Waals surface area (Å²) in [6.07, 6.45) is 0. The van der Waals surface area contributed by atoms with Gasteiger partial charge in [-0.2, -0.15) is 0 Å². The van der Waals surface area contributed by atoms with E-state index in [2.05, 4.69) is 123 Å². The monoisotopic (exact) mass is 823 g/mol. The fraction of sp³-hybridized carbons (Fsp3) is 0. The first-order valence-electron chi connectivity index (χ1n) is 25.2. The van der Waals surface area contributed by atoms with Crippen molar-refractivity contribution in [2.75, 3.05) is 0 Å². The van der Waals surface area contributed by atoms with Crippen molar-refractivity contribution in [3.8, 4) is 34.1 Å². The second-order valence-electron chi connectivity index (χ2n) is 16.1. The van der Waals surface area contributed by atoms with Crippen molar-refractivity contribution < 1.29 is 11.0 Å². The molecule has 9 aromatic carbocycles. The van der Waals surface area contributed by atoms with E-state index in [4.69, 9.17) is 10.5 Å². The van der Waals surface area contributed by atoms with Gasteiger partial charge in [0.25, 0.3) is 0 Å². The number of benzene rings is 9. The molecule has 0 saturated carbocycles.